The van der Waals surface area contributed by atoms with Gasteiger partial charge in [-0.05, 0) is 31.4 Å². The Morgan fingerprint density at radius 2 is 1.70 bits per heavy atom. The minimum absolute atomic E-state index is 0.0392. The second-order valence-electron chi connectivity index (χ2n) is 7.83. The van der Waals surface area contributed by atoms with Crippen LogP contribution in [-0.2, 0) is 12.1 Å². The Morgan fingerprint density at radius 3 is 2.44 bits per heavy atom. The highest BCUT2D eigenvalue weighted by Gasteiger charge is 2.32. The molecule has 0 saturated carbocycles. The Balaban J connectivity index is 2.06. The lowest BCUT2D eigenvalue weighted by atomic mass is 9.90. The lowest BCUT2D eigenvalue weighted by Gasteiger charge is -2.32. The second kappa shape index (κ2) is 6.84. The van der Waals surface area contributed by atoms with Gasteiger partial charge in [0.25, 0.3) is 0 Å². The first-order chi connectivity index (χ1) is 13.1. The van der Waals surface area contributed by atoms with Crippen molar-refractivity contribution >= 4 is 5.69 Å². The summed E-state index contributed by atoms with van der Waals surface area (Å²) in [6, 6.07) is 17.2. The first-order valence-corrected chi connectivity index (χ1v) is 9.94. The van der Waals surface area contributed by atoms with Gasteiger partial charge in [0.15, 0.2) is 0 Å². The summed E-state index contributed by atoms with van der Waals surface area (Å²) in [6.45, 7) is 7.67. The van der Waals surface area contributed by atoms with Crippen molar-refractivity contribution in [1.29, 1.82) is 0 Å². The van der Waals surface area contributed by atoms with Gasteiger partial charge < -0.3 is 4.90 Å². The predicted octanol–water partition coefficient (Wildman–Crippen LogP) is 5.49. The zero-order chi connectivity index (χ0) is 19.0. The number of hydrogen-bond donors (Lipinski definition) is 0. The van der Waals surface area contributed by atoms with E-state index >= 15 is 0 Å². The zero-order valence-electron chi connectivity index (χ0n) is 16.7. The van der Waals surface area contributed by atoms with Crippen molar-refractivity contribution in [2.75, 3.05) is 11.9 Å². The first-order valence-electron chi connectivity index (χ1n) is 9.94. The van der Waals surface area contributed by atoms with E-state index in [0.717, 1.165) is 42.8 Å². The normalized spacial score (nSPS) is 15.2. The topological polar surface area (TPSA) is 34.0 Å². The standard InChI is InChI=1S/C23H28N4/c1-5-15-23(3,6-2)27-22-18-12-8-7-11-17(18)16-26(4)20-14-10-9-13-19(20)21(22)24-25-27/h7-14H,5-6,15-16H2,1-4H3. The molecule has 4 nitrogen and oxygen atoms in total. The van der Waals surface area contributed by atoms with Gasteiger partial charge in [-0.3, -0.25) is 0 Å². The Labute approximate surface area is 161 Å². The fraction of sp³-hybridized carbons (Fsp3) is 0.391. The van der Waals surface area contributed by atoms with Crippen LogP contribution in [-0.4, -0.2) is 22.0 Å². The molecular formula is C23H28N4. The molecule has 4 heteroatoms. The lowest BCUT2D eigenvalue weighted by molar-refractivity contribution is 0.249. The maximum Gasteiger partial charge on any atom is 0.123 e. The quantitative estimate of drug-likeness (QED) is 0.617. The molecule has 2 aromatic carbocycles. The van der Waals surface area contributed by atoms with Gasteiger partial charge in [0.2, 0.25) is 0 Å². The highest BCUT2D eigenvalue weighted by atomic mass is 15.5. The van der Waals surface area contributed by atoms with E-state index in [1.165, 1.54) is 16.8 Å². The molecule has 0 amide bonds. The molecule has 0 spiro atoms. The van der Waals surface area contributed by atoms with Crippen LogP contribution in [0.2, 0.25) is 0 Å². The third-order valence-corrected chi connectivity index (χ3v) is 5.98. The molecule has 1 unspecified atom stereocenters. The number of aromatic nitrogens is 3. The predicted molar refractivity (Wildman–Crippen MR) is 112 cm³/mol. The van der Waals surface area contributed by atoms with Crippen LogP contribution in [0.3, 0.4) is 0 Å². The minimum Gasteiger partial charge on any atom is -0.370 e. The third-order valence-electron chi connectivity index (χ3n) is 5.98. The van der Waals surface area contributed by atoms with Gasteiger partial charge in [0, 0.05) is 30.4 Å². The number of hydrogen-bond acceptors (Lipinski definition) is 3. The molecule has 1 atom stereocenters. The van der Waals surface area contributed by atoms with Crippen LogP contribution in [0.4, 0.5) is 5.69 Å². The molecule has 3 aromatic rings. The van der Waals surface area contributed by atoms with Crippen molar-refractivity contribution in [1.82, 2.24) is 15.0 Å². The van der Waals surface area contributed by atoms with Gasteiger partial charge in [-0.25, -0.2) is 4.68 Å². The van der Waals surface area contributed by atoms with Gasteiger partial charge in [-0.1, -0.05) is 67.9 Å². The van der Waals surface area contributed by atoms with Crippen LogP contribution in [0.1, 0.15) is 45.6 Å². The molecule has 0 radical (unpaired) electrons. The van der Waals surface area contributed by atoms with E-state index in [4.69, 9.17) is 10.3 Å². The molecule has 4 rings (SSSR count). The van der Waals surface area contributed by atoms with Crippen molar-refractivity contribution in [3.63, 3.8) is 0 Å². The average Bonchev–Trinajstić information content (AvgIpc) is 3.12. The second-order valence-corrected chi connectivity index (χ2v) is 7.83. The smallest absolute Gasteiger partial charge is 0.123 e. The minimum atomic E-state index is -0.0392. The SMILES string of the molecule is CCCC(C)(CC)n1nnc2c1-c1ccccc1CN(C)c1ccccc1-2. The van der Waals surface area contributed by atoms with E-state index in [0.29, 0.717) is 0 Å². The first kappa shape index (κ1) is 17.8. The summed E-state index contributed by atoms with van der Waals surface area (Å²) in [7, 11) is 2.15. The summed E-state index contributed by atoms with van der Waals surface area (Å²) in [4.78, 5) is 2.31. The molecule has 2 heterocycles. The summed E-state index contributed by atoms with van der Waals surface area (Å²) in [5, 5.41) is 9.43. The number of anilines is 1. The van der Waals surface area contributed by atoms with Crippen LogP contribution in [0.5, 0.6) is 0 Å². The summed E-state index contributed by atoms with van der Waals surface area (Å²) in [5.74, 6) is 0. The third kappa shape index (κ3) is 2.84. The Bertz CT molecular complexity index is 959. The molecule has 0 saturated heterocycles. The highest BCUT2D eigenvalue weighted by Crippen LogP contribution is 2.42. The van der Waals surface area contributed by atoms with Gasteiger partial charge in [-0.15, -0.1) is 5.10 Å². The van der Waals surface area contributed by atoms with Crippen LogP contribution < -0.4 is 4.90 Å². The average molecular weight is 361 g/mol. The number of nitrogens with zero attached hydrogens (tertiary/aromatic N) is 4. The van der Waals surface area contributed by atoms with E-state index < -0.39 is 0 Å². The maximum absolute atomic E-state index is 4.72. The van der Waals surface area contributed by atoms with Crippen LogP contribution in [0.25, 0.3) is 22.5 Å². The summed E-state index contributed by atoms with van der Waals surface area (Å²) >= 11 is 0. The largest absolute Gasteiger partial charge is 0.370 e. The Kier molecular flexibility index (Phi) is 4.50. The van der Waals surface area contributed by atoms with E-state index in [-0.39, 0.29) is 5.54 Å². The molecule has 1 aliphatic heterocycles. The van der Waals surface area contributed by atoms with Crippen molar-refractivity contribution in [2.45, 2.75) is 52.1 Å². The van der Waals surface area contributed by atoms with Crippen LogP contribution >= 0.6 is 0 Å². The molecule has 0 N–H and O–H groups in total. The van der Waals surface area contributed by atoms with E-state index in [2.05, 4.69) is 85.9 Å². The Morgan fingerprint density at radius 1 is 1.00 bits per heavy atom. The van der Waals surface area contributed by atoms with Gasteiger partial charge in [0.1, 0.15) is 5.69 Å². The summed E-state index contributed by atoms with van der Waals surface area (Å²) in [5.41, 5.74) is 7.02. The molecule has 27 heavy (non-hydrogen) atoms. The summed E-state index contributed by atoms with van der Waals surface area (Å²) in [6.07, 6.45) is 3.24. The molecule has 0 bridgehead atoms. The molecule has 140 valence electrons. The number of para-hydroxylation sites is 1. The monoisotopic (exact) mass is 360 g/mol. The lowest BCUT2D eigenvalue weighted by Crippen LogP contribution is -2.31. The van der Waals surface area contributed by atoms with Gasteiger partial charge in [0.05, 0.1) is 11.2 Å². The molecule has 0 fully saturated rings. The number of benzene rings is 2. The Hall–Kier alpha value is -2.62. The summed E-state index contributed by atoms with van der Waals surface area (Å²) < 4.78 is 2.20. The van der Waals surface area contributed by atoms with Crippen LogP contribution in [0.15, 0.2) is 48.5 Å². The molecule has 0 aliphatic carbocycles. The maximum atomic E-state index is 4.72. The molecular weight excluding hydrogens is 332 g/mol. The number of fused-ring (bicyclic) bond motifs is 5. The highest BCUT2D eigenvalue weighted by molar-refractivity contribution is 5.88. The fourth-order valence-corrected chi connectivity index (χ4v) is 4.29. The van der Waals surface area contributed by atoms with Crippen LogP contribution in [0, 0.1) is 0 Å². The zero-order valence-corrected chi connectivity index (χ0v) is 16.7. The van der Waals surface area contributed by atoms with Crippen molar-refractivity contribution < 1.29 is 0 Å². The van der Waals surface area contributed by atoms with Crippen molar-refractivity contribution in [2.24, 2.45) is 0 Å². The van der Waals surface area contributed by atoms with E-state index in [1.54, 1.807) is 0 Å². The van der Waals surface area contributed by atoms with Gasteiger partial charge >= 0.3 is 0 Å². The fourth-order valence-electron chi connectivity index (χ4n) is 4.29. The molecule has 1 aromatic heterocycles. The molecule has 1 aliphatic rings. The number of rotatable bonds is 4. The van der Waals surface area contributed by atoms with Crippen molar-refractivity contribution in [3.8, 4) is 22.5 Å². The van der Waals surface area contributed by atoms with E-state index in [1.807, 2.05) is 0 Å². The van der Waals surface area contributed by atoms with E-state index in [9.17, 15) is 0 Å². The van der Waals surface area contributed by atoms with Crippen molar-refractivity contribution in [3.05, 3.63) is 54.1 Å². The van der Waals surface area contributed by atoms with Gasteiger partial charge in [-0.2, -0.15) is 0 Å².